The molecule has 0 amide bonds. The normalized spacial score (nSPS) is 13.3. The molecule has 0 aliphatic rings. The fourth-order valence-electron chi connectivity index (χ4n) is 1.86. The van der Waals surface area contributed by atoms with Crippen LogP contribution < -0.4 is 0 Å². The van der Waals surface area contributed by atoms with Gasteiger partial charge in [0.2, 0.25) is 0 Å². The van der Waals surface area contributed by atoms with Gasteiger partial charge in [-0.05, 0) is 18.6 Å². The minimum Gasteiger partial charge on any atom is -0.383 e. The van der Waals surface area contributed by atoms with Crippen molar-refractivity contribution in [1.29, 1.82) is 0 Å². The molecule has 0 radical (unpaired) electrons. The van der Waals surface area contributed by atoms with Crippen molar-refractivity contribution < 1.29 is 18.3 Å². The molecule has 0 saturated carbocycles. The number of benzene rings is 1. The third kappa shape index (κ3) is 3.31. The highest BCUT2D eigenvalue weighted by molar-refractivity contribution is 6.32. The smallest absolute Gasteiger partial charge is 0.383 e. The van der Waals surface area contributed by atoms with Crippen LogP contribution in [0.1, 0.15) is 28.5 Å². The summed E-state index contributed by atoms with van der Waals surface area (Å²) in [6.07, 6.45) is -5.84. The van der Waals surface area contributed by atoms with Gasteiger partial charge in [0.25, 0.3) is 0 Å². The lowest BCUT2D eigenvalue weighted by Crippen LogP contribution is -2.10. The van der Waals surface area contributed by atoms with Crippen LogP contribution in [0.2, 0.25) is 10.2 Å². The fraction of sp³-hybridized carbons (Fsp3) is 0.214. The molecule has 0 fully saturated rings. The predicted octanol–water partition coefficient (Wildman–Crippen LogP) is 4.80. The molecular weight excluding hydrogens is 326 g/mol. The highest BCUT2D eigenvalue weighted by Crippen LogP contribution is 2.35. The number of rotatable bonds is 2. The summed E-state index contributed by atoms with van der Waals surface area (Å²) in [6.45, 7) is 1.76. The summed E-state index contributed by atoms with van der Waals surface area (Å²) in [5.41, 5.74) is 0.0558. The van der Waals surface area contributed by atoms with Gasteiger partial charge in [0.15, 0.2) is 0 Å². The van der Waals surface area contributed by atoms with Crippen LogP contribution in [0.4, 0.5) is 13.2 Å². The van der Waals surface area contributed by atoms with Gasteiger partial charge in [-0.15, -0.1) is 0 Å². The van der Waals surface area contributed by atoms with E-state index < -0.39 is 23.1 Å². The number of aliphatic hydroxyl groups is 1. The van der Waals surface area contributed by atoms with Gasteiger partial charge in [0, 0.05) is 16.1 Å². The average Bonchev–Trinajstić information content (AvgIpc) is 2.40. The van der Waals surface area contributed by atoms with Crippen LogP contribution in [0, 0.1) is 6.92 Å². The Morgan fingerprint density at radius 3 is 2.33 bits per heavy atom. The highest BCUT2D eigenvalue weighted by Gasteiger charge is 2.33. The first-order valence-electron chi connectivity index (χ1n) is 5.88. The van der Waals surface area contributed by atoms with Crippen LogP contribution in [0.25, 0.3) is 0 Å². The van der Waals surface area contributed by atoms with E-state index in [1.54, 1.807) is 25.1 Å². The molecule has 1 N–H and O–H groups in total. The summed E-state index contributed by atoms with van der Waals surface area (Å²) >= 11 is 11.8. The highest BCUT2D eigenvalue weighted by atomic mass is 35.5. The maximum Gasteiger partial charge on any atom is 0.433 e. The lowest BCUT2D eigenvalue weighted by atomic mass is 10.0. The van der Waals surface area contributed by atoms with Gasteiger partial charge >= 0.3 is 6.18 Å². The van der Waals surface area contributed by atoms with E-state index in [0.29, 0.717) is 10.6 Å². The van der Waals surface area contributed by atoms with Crippen molar-refractivity contribution >= 4 is 23.2 Å². The number of aliphatic hydroxyl groups excluding tert-OH is 1. The molecule has 0 aliphatic carbocycles. The molecule has 0 aliphatic heterocycles. The minimum atomic E-state index is -4.59. The molecule has 7 heteroatoms. The third-order valence-electron chi connectivity index (χ3n) is 2.98. The lowest BCUT2D eigenvalue weighted by molar-refractivity contribution is -0.141. The maximum atomic E-state index is 12.5. The van der Waals surface area contributed by atoms with E-state index in [2.05, 4.69) is 4.98 Å². The van der Waals surface area contributed by atoms with E-state index in [0.717, 1.165) is 17.7 Å². The Morgan fingerprint density at radius 2 is 1.76 bits per heavy atom. The van der Waals surface area contributed by atoms with Gasteiger partial charge < -0.3 is 5.11 Å². The second-order valence-electron chi connectivity index (χ2n) is 4.45. The summed E-state index contributed by atoms with van der Waals surface area (Å²) in [6, 6.07) is 6.89. The Balaban J connectivity index is 2.45. The monoisotopic (exact) mass is 335 g/mol. The van der Waals surface area contributed by atoms with Crippen LogP contribution >= 0.6 is 23.2 Å². The van der Waals surface area contributed by atoms with E-state index in [1.165, 1.54) is 0 Å². The summed E-state index contributed by atoms with van der Waals surface area (Å²) < 4.78 is 37.6. The number of nitrogens with zero attached hydrogens (tertiary/aromatic N) is 1. The first-order valence-corrected chi connectivity index (χ1v) is 6.64. The largest absolute Gasteiger partial charge is 0.433 e. The van der Waals surface area contributed by atoms with Crippen LogP contribution in [0.15, 0.2) is 30.3 Å². The van der Waals surface area contributed by atoms with Crippen molar-refractivity contribution in [2.45, 2.75) is 19.2 Å². The molecule has 1 aromatic carbocycles. The molecule has 2 nitrogen and oxygen atoms in total. The Hall–Kier alpha value is -1.30. The zero-order chi connectivity index (χ0) is 15.8. The Bertz CT molecular complexity index is 674. The van der Waals surface area contributed by atoms with Crippen molar-refractivity contribution in [3.05, 3.63) is 62.9 Å². The van der Waals surface area contributed by atoms with Crippen LogP contribution in [0.3, 0.4) is 0 Å². The van der Waals surface area contributed by atoms with Crippen LogP contribution in [-0.2, 0) is 6.18 Å². The molecule has 2 rings (SSSR count). The Kier molecular flexibility index (Phi) is 4.46. The molecular formula is C14H10Cl2F3NO. The first kappa shape index (κ1) is 16.1. The molecule has 0 bridgehead atoms. The Labute approximate surface area is 129 Å². The SMILES string of the molecule is Cc1cccc(C(O)c2ccc(C(F)(F)F)nc2Cl)c1Cl. The number of aryl methyl sites for hydroxylation is 1. The molecule has 0 saturated heterocycles. The van der Waals surface area contributed by atoms with Gasteiger partial charge in [0.1, 0.15) is 17.0 Å². The number of halogens is 5. The summed E-state index contributed by atoms with van der Waals surface area (Å²) in [5.74, 6) is 0. The molecule has 21 heavy (non-hydrogen) atoms. The van der Waals surface area contributed by atoms with Crippen LogP contribution in [0.5, 0.6) is 0 Å². The van der Waals surface area contributed by atoms with Crippen molar-refractivity contribution in [2.24, 2.45) is 0 Å². The van der Waals surface area contributed by atoms with E-state index >= 15 is 0 Å². The number of pyridine rings is 1. The number of alkyl halides is 3. The van der Waals surface area contributed by atoms with E-state index in [9.17, 15) is 18.3 Å². The molecule has 1 heterocycles. The van der Waals surface area contributed by atoms with E-state index in [4.69, 9.17) is 23.2 Å². The van der Waals surface area contributed by atoms with E-state index in [1.807, 2.05) is 0 Å². The standard InChI is InChI=1S/C14H10Cl2F3NO/c1-7-3-2-4-8(11(7)15)12(21)9-5-6-10(14(17,18)19)20-13(9)16/h2-6,12,21H,1H3. The van der Waals surface area contributed by atoms with Crippen molar-refractivity contribution in [1.82, 2.24) is 4.98 Å². The molecule has 1 unspecified atom stereocenters. The summed E-state index contributed by atoms with van der Waals surface area (Å²) in [4.78, 5) is 3.28. The lowest BCUT2D eigenvalue weighted by Gasteiger charge is -2.16. The second kappa shape index (κ2) is 5.83. The molecule has 0 spiro atoms. The second-order valence-corrected chi connectivity index (χ2v) is 5.19. The third-order valence-corrected chi connectivity index (χ3v) is 3.80. The molecule has 112 valence electrons. The fourth-order valence-corrected chi connectivity index (χ4v) is 2.34. The molecule has 2 aromatic rings. The first-order chi connectivity index (χ1) is 9.71. The topological polar surface area (TPSA) is 33.1 Å². The number of hydrogen-bond donors (Lipinski definition) is 1. The van der Waals surface area contributed by atoms with E-state index in [-0.39, 0.29) is 5.56 Å². The number of hydrogen-bond acceptors (Lipinski definition) is 2. The average molecular weight is 336 g/mol. The zero-order valence-corrected chi connectivity index (χ0v) is 12.3. The van der Waals surface area contributed by atoms with Gasteiger partial charge in [-0.3, -0.25) is 0 Å². The predicted molar refractivity (Wildman–Crippen MR) is 74.5 cm³/mol. The minimum absolute atomic E-state index is 0.0668. The van der Waals surface area contributed by atoms with Crippen molar-refractivity contribution in [2.75, 3.05) is 0 Å². The molecule has 1 aromatic heterocycles. The Morgan fingerprint density at radius 1 is 1.10 bits per heavy atom. The maximum absolute atomic E-state index is 12.5. The van der Waals surface area contributed by atoms with Gasteiger partial charge in [-0.1, -0.05) is 47.5 Å². The van der Waals surface area contributed by atoms with Crippen molar-refractivity contribution in [3.8, 4) is 0 Å². The summed E-state index contributed by atoms with van der Waals surface area (Å²) in [5, 5.41) is 10.2. The number of aromatic nitrogens is 1. The van der Waals surface area contributed by atoms with Crippen molar-refractivity contribution in [3.63, 3.8) is 0 Å². The van der Waals surface area contributed by atoms with Gasteiger partial charge in [0.05, 0.1) is 0 Å². The molecule has 1 atom stereocenters. The van der Waals surface area contributed by atoms with Gasteiger partial charge in [-0.2, -0.15) is 13.2 Å². The van der Waals surface area contributed by atoms with Crippen LogP contribution in [-0.4, -0.2) is 10.1 Å². The summed E-state index contributed by atoms with van der Waals surface area (Å²) in [7, 11) is 0. The zero-order valence-electron chi connectivity index (χ0n) is 10.7. The quantitative estimate of drug-likeness (QED) is 0.800. The van der Waals surface area contributed by atoms with Gasteiger partial charge in [-0.25, -0.2) is 4.98 Å².